The van der Waals surface area contributed by atoms with Gasteiger partial charge in [-0.3, -0.25) is 4.79 Å². The molecule has 59 heavy (non-hydrogen) atoms. The average Bonchev–Trinajstić information content (AvgIpc) is 3.75. The SMILES string of the molecule is CC=C(C(=O)OC1CC2C(O)C3C(=O)CC(CO)OC3C3C2OC1(C)C(CC1CCC(N)NC1)CCC1C(N)NCCC1C3C(CO)C1CCCC(O)C1)C1CCCC1. The van der Waals surface area contributed by atoms with Gasteiger partial charge < -0.3 is 56.7 Å². The summed E-state index contributed by atoms with van der Waals surface area (Å²) >= 11 is 0. The van der Waals surface area contributed by atoms with Gasteiger partial charge in [0.1, 0.15) is 17.5 Å². The molecule has 0 aromatic carbocycles. The van der Waals surface area contributed by atoms with Crippen LogP contribution in [0.2, 0.25) is 0 Å². The van der Waals surface area contributed by atoms with Gasteiger partial charge in [-0.1, -0.05) is 25.3 Å². The lowest BCUT2D eigenvalue weighted by molar-refractivity contribution is -0.309. The van der Waals surface area contributed by atoms with E-state index in [4.69, 9.17) is 25.7 Å². The number of Topliss-reactive ketones (excluding diaryl/α,β-unsaturated/α-hetero) is 1. The largest absolute Gasteiger partial charge is 0.456 e. The van der Waals surface area contributed by atoms with E-state index in [1.165, 1.54) is 0 Å². The van der Waals surface area contributed by atoms with Crippen molar-refractivity contribution < 1.29 is 44.2 Å². The van der Waals surface area contributed by atoms with Crippen LogP contribution in [-0.4, -0.2) is 113 Å². The van der Waals surface area contributed by atoms with Crippen molar-refractivity contribution in [2.75, 3.05) is 26.3 Å². The molecule has 3 aliphatic carbocycles. The van der Waals surface area contributed by atoms with E-state index < -0.39 is 60.0 Å². The molecule has 0 radical (unpaired) electrons. The zero-order chi connectivity index (χ0) is 41.6. The third kappa shape index (κ3) is 8.62. The Labute approximate surface area is 351 Å². The molecule has 3 saturated carbocycles. The maximum absolute atomic E-state index is 14.5. The van der Waals surface area contributed by atoms with E-state index in [1.54, 1.807) is 0 Å². The number of aliphatic hydroxyl groups is 4. The number of esters is 1. The summed E-state index contributed by atoms with van der Waals surface area (Å²) in [4.78, 5) is 28.8. The molecule has 0 aromatic heterocycles. The highest BCUT2D eigenvalue weighted by Crippen LogP contribution is 2.59. The van der Waals surface area contributed by atoms with Crippen LogP contribution in [-0.2, 0) is 23.8 Å². The zero-order valence-corrected chi connectivity index (χ0v) is 35.7. The molecule has 13 heteroatoms. The van der Waals surface area contributed by atoms with Crippen molar-refractivity contribution in [1.29, 1.82) is 0 Å². The molecule has 8 rings (SSSR count). The van der Waals surface area contributed by atoms with E-state index >= 15 is 0 Å². The van der Waals surface area contributed by atoms with Crippen molar-refractivity contribution >= 4 is 11.8 Å². The molecular weight excluding hydrogens is 753 g/mol. The molecule has 5 heterocycles. The molecule has 8 fully saturated rings. The van der Waals surface area contributed by atoms with E-state index in [0.29, 0.717) is 30.9 Å². The number of hydrogen-bond acceptors (Lipinski definition) is 13. The Kier molecular flexibility index (Phi) is 14.0. The normalized spacial score (nSPS) is 47.8. The monoisotopic (exact) mass is 829 g/mol. The molecule has 5 saturated heterocycles. The predicted molar refractivity (Wildman–Crippen MR) is 221 cm³/mol. The molecule has 13 nitrogen and oxygen atoms in total. The number of carbonyl (C=O) groups excluding carboxylic acids is 2. The predicted octanol–water partition coefficient (Wildman–Crippen LogP) is 2.90. The van der Waals surface area contributed by atoms with Crippen LogP contribution in [0.3, 0.4) is 0 Å². The molecule has 10 N–H and O–H groups in total. The van der Waals surface area contributed by atoms with E-state index in [2.05, 4.69) is 17.6 Å². The molecule has 334 valence electrons. The van der Waals surface area contributed by atoms with Crippen LogP contribution < -0.4 is 22.1 Å². The number of fused-ring (bicyclic) bond motifs is 4. The smallest absolute Gasteiger partial charge is 0.334 e. The number of hydrogen-bond donors (Lipinski definition) is 8. The minimum absolute atomic E-state index is 0.00673. The minimum atomic E-state index is -1.11. The van der Waals surface area contributed by atoms with Crippen molar-refractivity contribution in [3.8, 4) is 0 Å². The summed E-state index contributed by atoms with van der Waals surface area (Å²) in [5.41, 5.74) is 13.2. The van der Waals surface area contributed by atoms with E-state index in [9.17, 15) is 30.0 Å². The van der Waals surface area contributed by atoms with E-state index in [-0.39, 0.29) is 85.1 Å². The highest BCUT2D eigenvalue weighted by atomic mass is 16.6. The summed E-state index contributed by atoms with van der Waals surface area (Å²) in [6, 6.07) is 0. The number of carbonyl (C=O) groups is 2. The molecule has 5 aliphatic heterocycles. The van der Waals surface area contributed by atoms with Gasteiger partial charge >= 0.3 is 5.97 Å². The molecule has 19 atom stereocenters. The average molecular weight is 829 g/mol. The number of nitrogens with two attached hydrogens (primary N) is 2. The van der Waals surface area contributed by atoms with Gasteiger partial charge in [-0.25, -0.2) is 4.79 Å². The van der Waals surface area contributed by atoms with Crippen LogP contribution in [0, 0.1) is 65.1 Å². The Morgan fingerprint density at radius 3 is 2.44 bits per heavy atom. The van der Waals surface area contributed by atoms with E-state index in [0.717, 1.165) is 90.0 Å². The molecule has 0 amide bonds. The van der Waals surface area contributed by atoms with Crippen molar-refractivity contribution in [3.63, 3.8) is 0 Å². The van der Waals surface area contributed by atoms with Crippen LogP contribution >= 0.6 is 0 Å². The molecule has 2 bridgehead atoms. The Bertz CT molecular complexity index is 1490. The third-order valence-corrected chi connectivity index (χ3v) is 17.4. The lowest BCUT2D eigenvalue weighted by Crippen LogP contribution is -2.71. The summed E-state index contributed by atoms with van der Waals surface area (Å²) in [7, 11) is 0. The Hall–Kier alpha value is -1.52. The highest BCUT2D eigenvalue weighted by molar-refractivity contribution is 5.89. The number of ketones is 1. The van der Waals surface area contributed by atoms with Gasteiger partial charge in [-0.05, 0) is 151 Å². The van der Waals surface area contributed by atoms with Gasteiger partial charge in [0.2, 0.25) is 0 Å². The number of allylic oxidation sites excluding steroid dienone is 1. The van der Waals surface area contributed by atoms with Crippen LogP contribution in [0.25, 0.3) is 0 Å². The second-order valence-electron chi connectivity index (χ2n) is 20.5. The standard InChI is InChI=1S/C46H76N4O9/c1-3-30(25-7-4-5-8-25)45(56)58-36-20-33-41(55)39-35(54)19-29(22-51)57-43(39)40-38(34(23-52)26-9-6-10-28(53)18-26)31-15-16-49-44(48)32(31)13-12-27(46(36,2)59-42(33)40)17-24-11-14-37(47)50-21-24/h3,24-29,31-34,36-44,49-53,55H,4-23,47-48H2,1-2H3. The fourth-order valence-corrected chi connectivity index (χ4v) is 14.4. The van der Waals surface area contributed by atoms with Crippen LogP contribution in [0.5, 0.6) is 0 Å². The maximum Gasteiger partial charge on any atom is 0.334 e. The number of ether oxygens (including phenoxy) is 3. The number of aliphatic hydroxyl groups excluding tert-OH is 4. The van der Waals surface area contributed by atoms with Crippen LogP contribution in [0.15, 0.2) is 11.6 Å². The van der Waals surface area contributed by atoms with Gasteiger partial charge in [0.25, 0.3) is 0 Å². The molecule has 19 unspecified atom stereocenters. The van der Waals surface area contributed by atoms with Crippen molar-refractivity contribution in [2.24, 2.45) is 76.6 Å². The second-order valence-corrected chi connectivity index (χ2v) is 20.5. The zero-order valence-electron chi connectivity index (χ0n) is 35.7. The van der Waals surface area contributed by atoms with Gasteiger partial charge in [0, 0.05) is 30.4 Å². The van der Waals surface area contributed by atoms with Crippen molar-refractivity contribution in [2.45, 2.75) is 171 Å². The maximum atomic E-state index is 14.5. The first-order valence-corrected chi connectivity index (χ1v) is 23.7. The summed E-state index contributed by atoms with van der Waals surface area (Å²) in [6.45, 7) is 5.14. The number of piperidine rings is 2. The first-order chi connectivity index (χ1) is 28.4. The summed E-state index contributed by atoms with van der Waals surface area (Å²) in [5.74, 6) is -2.19. The first kappa shape index (κ1) is 44.1. The van der Waals surface area contributed by atoms with E-state index in [1.807, 2.05) is 13.0 Å². The Morgan fingerprint density at radius 1 is 0.949 bits per heavy atom. The van der Waals surface area contributed by atoms with Gasteiger partial charge in [-0.2, -0.15) is 0 Å². The molecular formula is C46H76N4O9. The molecule has 0 aromatic rings. The lowest BCUT2D eigenvalue weighted by atomic mass is 9.51. The van der Waals surface area contributed by atoms with Crippen LogP contribution in [0.1, 0.15) is 117 Å². The first-order valence-electron chi connectivity index (χ1n) is 23.7. The fourth-order valence-electron chi connectivity index (χ4n) is 14.4. The quantitative estimate of drug-likeness (QED) is 0.124. The minimum Gasteiger partial charge on any atom is -0.456 e. The summed E-state index contributed by atoms with van der Waals surface area (Å²) in [6.07, 6.45) is 9.87. The summed E-state index contributed by atoms with van der Waals surface area (Å²) in [5, 5.41) is 52.9. The topological polar surface area (TPSA) is 219 Å². The van der Waals surface area contributed by atoms with Crippen molar-refractivity contribution in [1.82, 2.24) is 10.6 Å². The molecule has 0 spiro atoms. The van der Waals surface area contributed by atoms with Gasteiger partial charge in [-0.15, -0.1) is 0 Å². The van der Waals surface area contributed by atoms with Gasteiger partial charge in [0.05, 0.1) is 55.4 Å². The highest BCUT2D eigenvalue weighted by Gasteiger charge is 2.66. The number of rotatable bonds is 9. The second kappa shape index (κ2) is 18.7. The van der Waals surface area contributed by atoms with Crippen molar-refractivity contribution in [3.05, 3.63) is 11.6 Å². The van der Waals surface area contributed by atoms with Crippen LogP contribution in [0.4, 0.5) is 0 Å². The third-order valence-electron chi connectivity index (χ3n) is 17.4. The lowest BCUT2D eigenvalue weighted by Gasteiger charge is -2.63. The van der Waals surface area contributed by atoms with Gasteiger partial charge in [0.15, 0.2) is 0 Å². The summed E-state index contributed by atoms with van der Waals surface area (Å²) < 4.78 is 21.4. The molecule has 8 aliphatic rings. The Morgan fingerprint density at radius 2 is 1.75 bits per heavy atom. The fraction of sp³-hybridized carbons (Fsp3) is 0.913. The Balaban J connectivity index is 1.27. The number of nitrogens with one attached hydrogen (secondary N) is 2.